The van der Waals surface area contributed by atoms with E-state index in [0.29, 0.717) is 43.0 Å². The Balaban J connectivity index is 1.40. The topological polar surface area (TPSA) is 62.7 Å². The van der Waals surface area contributed by atoms with Crippen LogP contribution in [0.1, 0.15) is 12.5 Å². The number of thiazole rings is 1. The molecule has 1 aliphatic heterocycles. The molecule has 164 valence electrons. The van der Waals surface area contributed by atoms with Gasteiger partial charge in [0.1, 0.15) is 5.75 Å². The number of benzene rings is 2. The number of halogens is 1. The molecule has 0 atom stereocenters. The van der Waals surface area contributed by atoms with E-state index in [1.807, 2.05) is 48.7 Å². The Bertz CT molecular complexity index is 1110. The standard InChI is InChI=1S/C22H24BrN3O3S2/c1-2-29-19-7-5-18(6-8-19)21-16-30-22(24-21)25-11-13-26(14-12-25)31(27,28)20-9-3-17(15-23)4-10-20/h3-10,16H,2,11-15H2,1H3. The third kappa shape index (κ3) is 4.95. The van der Waals surface area contributed by atoms with Gasteiger partial charge in [-0.3, -0.25) is 0 Å². The largest absolute Gasteiger partial charge is 0.494 e. The van der Waals surface area contributed by atoms with Gasteiger partial charge >= 0.3 is 0 Å². The molecule has 6 nitrogen and oxygen atoms in total. The van der Waals surface area contributed by atoms with Crippen LogP contribution in [0.2, 0.25) is 0 Å². The Hall–Kier alpha value is -1.94. The van der Waals surface area contributed by atoms with E-state index in [1.54, 1.807) is 27.8 Å². The van der Waals surface area contributed by atoms with E-state index < -0.39 is 10.0 Å². The fraction of sp³-hybridized carbons (Fsp3) is 0.318. The van der Waals surface area contributed by atoms with Gasteiger partial charge in [-0.25, -0.2) is 13.4 Å². The van der Waals surface area contributed by atoms with Crippen LogP contribution in [0.15, 0.2) is 58.8 Å². The minimum absolute atomic E-state index is 0.345. The van der Waals surface area contributed by atoms with Crippen LogP contribution in [0.5, 0.6) is 5.75 Å². The van der Waals surface area contributed by atoms with Crippen LogP contribution in [0.25, 0.3) is 11.3 Å². The highest BCUT2D eigenvalue weighted by Gasteiger charge is 2.29. The van der Waals surface area contributed by atoms with E-state index >= 15 is 0 Å². The van der Waals surface area contributed by atoms with Crippen LogP contribution >= 0.6 is 27.3 Å². The van der Waals surface area contributed by atoms with Crippen LogP contribution in [0, 0.1) is 0 Å². The average Bonchev–Trinajstić information content (AvgIpc) is 3.30. The van der Waals surface area contributed by atoms with Gasteiger partial charge in [0.2, 0.25) is 10.0 Å². The lowest BCUT2D eigenvalue weighted by Gasteiger charge is -2.33. The van der Waals surface area contributed by atoms with Gasteiger partial charge in [-0.1, -0.05) is 28.1 Å². The molecule has 0 spiro atoms. The van der Waals surface area contributed by atoms with E-state index in [4.69, 9.17) is 9.72 Å². The van der Waals surface area contributed by atoms with Crippen molar-refractivity contribution in [3.05, 3.63) is 59.5 Å². The number of anilines is 1. The van der Waals surface area contributed by atoms with Crippen molar-refractivity contribution in [1.29, 1.82) is 0 Å². The second-order valence-corrected chi connectivity index (χ2v) is 10.5. The molecule has 0 bridgehead atoms. The van der Waals surface area contributed by atoms with Crippen molar-refractivity contribution in [2.75, 3.05) is 37.7 Å². The first-order valence-corrected chi connectivity index (χ1v) is 13.5. The van der Waals surface area contributed by atoms with Crippen molar-refractivity contribution in [2.24, 2.45) is 0 Å². The number of alkyl halides is 1. The normalized spacial score (nSPS) is 15.2. The maximum absolute atomic E-state index is 13.0. The highest BCUT2D eigenvalue weighted by Crippen LogP contribution is 2.30. The number of hydrogen-bond donors (Lipinski definition) is 0. The third-order valence-corrected chi connectivity index (χ3v) is 8.64. The Morgan fingerprint density at radius 1 is 1.03 bits per heavy atom. The monoisotopic (exact) mass is 521 g/mol. The maximum Gasteiger partial charge on any atom is 0.243 e. The van der Waals surface area contributed by atoms with Gasteiger partial charge in [-0.05, 0) is 48.9 Å². The Labute approximate surface area is 195 Å². The zero-order valence-electron chi connectivity index (χ0n) is 17.2. The molecule has 9 heteroatoms. The number of ether oxygens (including phenoxy) is 1. The molecule has 2 heterocycles. The van der Waals surface area contributed by atoms with Gasteiger partial charge in [-0.15, -0.1) is 11.3 Å². The molecule has 0 aliphatic carbocycles. The minimum atomic E-state index is -3.48. The second kappa shape index (κ2) is 9.68. The second-order valence-electron chi connectivity index (χ2n) is 7.14. The van der Waals surface area contributed by atoms with E-state index in [2.05, 4.69) is 20.8 Å². The molecule has 0 amide bonds. The predicted octanol–water partition coefficient (Wildman–Crippen LogP) is 4.61. The lowest BCUT2D eigenvalue weighted by molar-refractivity contribution is 0.340. The maximum atomic E-state index is 13.0. The molecule has 1 saturated heterocycles. The quantitative estimate of drug-likeness (QED) is 0.424. The van der Waals surface area contributed by atoms with Crippen molar-refractivity contribution < 1.29 is 13.2 Å². The summed E-state index contributed by atoms with van der Waals surface area (Å²) < 4.78 is 33.0. The van der Waals surface area contributed by atoms with Crippen LogP contribution < -0.4 is 9.64 Å². The molecule has 0 unspecified atom stereocenters. The highest BCUT2D eigenvalue weighted by atomic mass is 79.9. The van der Waals surface area contributed by atoms with Gasteiger partial charge in [-0.2, -0.15) is 4.31 Å². The summed E-state index contributed by atoms with van der Waals surface area (Å²) in [5, 5.41) is 3.67. The fourth-order valence-corrected chi connectivity index (χ4v) is 6.13. The summed E-state index contributed by atoms with van der Waals surface area (Å²) in [6, 6.07) is 15.0. The first-order chi connectivity index (χ1) is 15.0. The third-order valence-electron chi connectivity index (χ3n) is 5.18. The van der Waals surface area contributed by atoms with E-state index in [1.165, 1.54) is 0 Å². The molecule has 31 heavy (non-hydrogen) atoms. The van der Waals surface area contributed by atoms with Crippen molar-refractivity contribution in [1.82, 2.24) is 9.29 Å². The summed E-state index contributed by atoms with van der Waals surface area (Å²) in [5.74, 6) is 0.848. The number of aromatic nitrogens is 1. The van der Waals surface area contributed by atoms with Crippen LogP contribution in [-0.2, 0) is 15.4 Å². The molecular formula is C22H24BrN3O3S2. The van der Waals surface area contributed by atoms with Gasteiger partial charge in [0.25, 0.3) is 0 Å². The summed E-state index contributed by atoms with van der Waals surface area (Å²) in [4.78, 5) is 7.28. The molecule has 0 N–H and O–H groups in total. The zero-order chi connectivity index (χ0) is 21.8. The lowest BCUT2D eigenvalue weighted by atomic mass is 10.2. The van der Waals surface area contributed by atoms with Crippen LogP contribution in [0.3, 0.4) is 0 Å². The van der Waals surface area contributed by atoms with Crippen molar-refractivity contribution in [3.8, 4) is 17.0 Å². The first-order valence-electron chi connectivity index (χ1n) is 10.1. The molecule has 3 aromatic rings. The molecule has 1 fully saturated rings. The first kappa shape index (κ1) is 22.3. The predicted molar refractivity (Wildman–Crippen MR) is 129 cm³/mol. The summed E-state index contributed by atoms with van der Waals surface area (Å²) >= 11 is 4.97. The Kier molecular flexibility index (Phi) is 6.95. The SMILES string of the molecule is CCOc1ccc(-c2csc(N3CCN(S(=O)(=O)c4ccc(CBr)cc4)CC3)n2)cc1. The van der Waals surface area contributed by atoms with Gasteiger partial charge < -0.3 is 9.64 Å². The molecule has 1 aliphatic rings. The lowest BCUT2D eigenvalue weighted by Crippen LogP contribution is -2.48. The summed E-state index contributed by atoms with van der Waals surface area (Å²) in [6.45, 7) is 4.74. The van der Waals surface area contributed by atoms with E-state index in [-0.39, 0.29) is 0 Å². The van der Waals surface area contributed by atoms with Crippen molar-refractivity contribution in [2.45, 2.75) is 17.1 Å². The Morgan fingerprint density at radius 3 is 2.32 bits per heavy atom. The molecule has 2 aromatic carbocycles. The smallest absolute Gasteiger partial charge is 0.243 e. The number of rotatable bonds is 7. The van der Waals surface area contributed by atoms with Gasteiger partial charge in [0.05, 0.1) is 17.2 Å². The summed E-state index contributed by atoms with van der Waals surface area (Å²) in [7, 11) is -3.48. The van der Waals surface area contributed by atoms with Gasteiger partial charge in [0, 0.05) is 42.5 Å². The van der Waals surface area contributed by atoms with E-state index in [0.717, 1.165) is 27.7 Å². The Morgan fingerprint density at radius 2 is 1.71 bits per heavy atom. The molecule has 0 saturated carbocycles. The number of nitrogens with zero attached hydrogens (tertiary/aromatic N) is 3. The number of sulfonamides is 1. The fourth-order valence-electron chi connectivity index (χ4n) is 3.45. The van der Waals surface area contributed by atoms with Crippen molar-refractivity contribution in [3.63, 3.8) is 0 Å². The highest BCUT2D eigenvalue weighted by molar-refractivity contribution is 9.08. The van der Waals surface area contributed by atoms with Crippen LogP contribution in [0.4, 0.5) is 5.13 Å². The van der Waals surface area contributed by atoms with Crippen LogP contribution in [-0.4, -0.2) is 50.5 Å². The molecule has 1 aromatic heterocycles. The zero-order valence-corrected chi connectivity index (χ0v) is 20.4. The molecule has 0 radical (unpaired) electrons. The summed E-state index contributed by atoms with van der Waals surface area (Å²) in [6.07, 6.45) is 0. The summed E-state index contributed by atoms with van der Waals surface area (Å²) in [5.41, 5.74) is 3.01. The molecular weight excluding hydrogens is 498 g/mol. The van der Waals surface area contributed by atoms with E-state index in [9.17, 15) is 8.42 Å². The molecule has 4 rings (SSSR count). The number of piperazine rings is 1. The van der Waals surface area contributed by atoms with Crippen molar-refractivity contribution >= 4 is 42.4 Å². The number of hydrogen-bond acceptors (Lipinski definition) is 6. The minimum Gasteiger partial charge on any atom is -0.494 e. The van der Waals surface area contributed by atoms with Gasteiger partial charge in [0.15, 0.2) is 5.13 Å². The average molecular weight is 522 g/mol.